The number of hydrogen-bond acceptors (Lipinski definition) is 3. The summed E-state index contributed by atoms with van der Waals surface area (Å²) in [7, 11) is 0. The number of aryl methyl sites for hydroxylation is 1. The summed E-state index contributed by atoms with van der Waals surface area (Å²) in [4.78, 5) is 2.47. The van der Waals surface area contributed by atoms with Gasteiger partial charge in [0.2, 0.25) is 0 Å². The zero-order chi connectivity index (χ0) is 15.1. The average Bonchev–Trinajstić information content (AvgIpc) is 2.75. The Morgan fingerprint density at radius 2 is 2.14 bits per heavy atom. The maximum atomic E-state index is 5.99. The van der Waals surface area contributed by atoms with E-state index in [-0.39, 0.29) is 0 Å². The van der Waals surface area contributed by atoms with Gasteiger partial charge < -0.3 is 15.0 Å². The van der Waals surface area contributed by atoms with Gasteiger partial charge in [0, 0.05) is 25.3 Å². The number of rotatable bonds is 6. The average molecular weight is 290 g/mol. The van der Waals surface area contributed by atoms with Crippen LogP contribution in [0.4, 0.5) is 5.69 Å². The molecule has 0 bridgehead atoms. The van der Waals surface area contributed by atoms with Crippen LogP contribution in [0.25, 0.3) is 0 Å². The molecular weight excluding hydrogens is 260 g/mol. The van der Waals surface area contributed by atoms with Crippen LogP contribution in [0.15, 0.2) is 18.2 Å². The van der Waals surface area contributed by atoms with Crippen molar-refractivity contribution in [2.24, 2.45) is 5.92 Å². The number of nitrogens with zero attached hydrogens (tertiary/aromatic N) is 1. The standard InChI is InChI=1S/C18H30N2O/c1-4-6-15(2)14-21-18-8-7-17(13-16(18)3)20-11-5-9-19-10-12-20/h7-8,13,15,19H,4-6,9-12,14H2,1-3H3. The molecule has 1 aliphatic heterocycles. The van der Waals surface area contributed by atoms with Gasteiger partial charge in [-0.2, -0.15) is 0 Å². The molecule has 0 amide bonds. The predicted molar refractivity (Wildman–Crippen MR) is 90.4 cm³/mol. The van der Waals surface area contributed by atoms with E-state index in [1.54, 1.807) is 0 Å². The molecule has 0 aromatic heterocycles. The van der Waals surface area contributed by atoms with Crippen molar-refractivity contribution in [1.29, 1.82) is 0 Å². The lowest BCUT2D eigenvalue weighted by atomic mass is 10.1. The van der Waals surface area contributed by atoms with E-state index in [4.69, 9.17) is 4.74 Å². The van der Waals surface area contributed by atoms with Crippen LogP contribution in [-0.4, -0.2) is 32.8 Å². The van der Waals surface area contributed by atoms with E-state index in [1.807, 2.05) is 0 Å². The van der Waals surface area contributed by atoms with Crippen molar-refractivity contribution >= 4 is 5.69 Å². The quantitative estimate of drug-likeness (QED) is 0.866. The fourth-order valence-corrected chi connectivity index (χ4v) is 2.90. The van der Waals surface area contributed by atoms with Gasteiger partial charge >= 0.3 is 0 Å². The Bertz CT molecular complexity index is 425. The number of ether oxygens (including phenoxy) is 1. The molecule has 1 fully saturated rings. The zero-order valence-corrected chi connectivity index (χ0v) is 13.8. The first-order chi connectivity index (χ1) is 10.2. The highest BCUT2D eigenvalue weighted by molar-refractivity contribution is 5.53. The van der Waals surface area contributed by atoms with Gasteiger partial charge in [0.15, 0.2) is 0 Å². The molecule has 1 atom stereocenters. The van der Waals surface area contributed by atoms with E-state index in [0.717, 1.165) is 38.5 Å². The molecule has 0 aliphatic carbocycles. The second-order valence-corrected chi connectivity index (χ2v) is 6.25. The highest BCUT2D eigenvalue weighted by Crippen LogP contribution is 2.25. The van der Waals surface area contributed by atoms with E-state index in [2.05, 4.69) is 49.2 Å². The molecule has 1 saturated heterocycles. The summed E-state index contributed by atoms with van der Waals surface area (Å²) in [5.41, 5.74) is 2.57. The molecule has 0 saturated carbocycles. The molecule has 1 unspecified atom stereocenters. The van der Waals surface area contributed by atoms with Crippen LogP contribution in [0.2, 0.25) is 0 Å². The van der Waals surface area contributed by atoms with Gasteiger partial charge in [0.1, 0.15) is 5.75 Å². The molecule has 3 nitrogen and oxygen atoms in total. The minimum atomic E-state index is 0.630. The summed E-state index contributed by atoms with van der Waals surface area (Å²) in [5.74, 6) is 1.67. The summed E-state index contributed by atoms with van der Waals surface area (Å²) >= 11 is 0. The Hall–Kier alpha value is -1.22. The summed E-state index contributed by atoms with van der Waals surface area (Å²) < 4.78 is 5.99. The first kappa shape index (κ1) is 16.2. The summed E-state index contributed by atoms with van der Waals surface area (Å²) in [6.07, 6.45) is 3.68. The summed E-state index contributed by atoms with van der Waals surface area (Å²) in [5, 5.41) is 3.45. The lowest BCUT2D eigenvalue weighted by molar-refractivity contribution is 0.250. The third kappa shape index (κ3) is 4.92. The second kappa shape index (κ2) is 8.28. The number of hydrogen-bond donors (Lipinski definition) is 1. The predicted octanol–water partition coefficient (Wildman–Crippen LogP) is 3.61. The first-order valence-electron chi connectivity index (χ1n) is 8.39. The minimum Gasteiger partial charge on any atom is -0.493 e. The van der Waals surface area contributed by atoms with Gasteiger partial charge in [-0.1, -0.05) is 20.3 Å². The fraction of sp³-hybridized carbons (Fsp3) is 0.667. The number of nitrogens with one attached hydrogen (secondary N) is 1. The van der Waals surface area contributed by atoms with E-state index < -0.39 is 0 Å². The third-order valence-electron chi connectivity index (χ3n) is 4.17. The van der Waals surface area contributed by atoms with Crippen LogP contribution in [0.3, 0.4) is 0 Å². The van der Waals surface area contributed by atoms with Crippen LogP contribution in [-0.2, 0) is 0 Å². The van der Waals surface area contributed by atoms with Gasteiger partial charge in [0.25, 0.3) is 0 Å². The molecule has 1 aromatic carbocycles. The Morgan fingerprint density at radius 1 is 1.29 bits per heavy atom. The van der Waals surface area contributed by atoms with Crippen LogP contribution >= 0.6 is 0 Å². The van der Waals surface area contributed by atoms with Crippen LogP contribution < -0.4 is 15.0 Å². The van der Waals surface area contributed by atoms with Crippen LogP contribution in [0.5, 0.6) is 5.75 Å². The molecule has 21 heavy (non-hydrogen) atoms. The van der Waals surface area contributed by atoms with Crippen molar-refractivity contribution in [2.45, 2.75) is 40.0 Å². The largest absolute Gasteiger partial charge is 0.493 e. The van der Waals surface area contributed by atoms with Crippen molar-refractivity contribution in [2.75, 3.05) is 37.7 Å². The molecule has 0 radical (unpaired) electrons. The summed E-state index contributed by atoms with van der Waals surface area (Å²) in [6.45, 7) is 11.9. The smallest absolute Gasteiger partial charge is 0.122 e. The topological polar surface area (TPSA) is 24.5 Å². The van der Waals surface area contributed by atoms with E-state index in [1.165, 1.54) is 30.5 Å². The molecular formula is C18H30N2O. The number of benzene rings is 1. The Balaban J connectivity index is 1.96. The van der Waals surface area contributed by atoms with Crippen molar-refractivity contribution in [1.82, 2.24) is 5.32 Å². The summed E-state index contributed by atoms with van der Waals surface area (Å²) in [6, 6.07) is 6.62. The van der Waals surface area contributed by atoms with Crippen molar-refractivity contribution in [3.05, 3.63) is 23.8 Å². The van der Waals surface area contributed by atoms with Gasteiger partial charge in [-0.25, -0.2) is 0 Å². The molecule has 2 rings (SSSR count). The van der Waals surface area contributed by atoms with Gasteiger partial charge in [-0.3, -0.25) is 0 Å². The van der Waals surface area contributed by atoms with Crippen LogP contribution in [0, 0.1) is 12.8 Å². The highest BCUT2D eigenvalue weighted by Gasteiger charge is 2.11. The molecule has 0 spiro atoms. The minimum absolute atomic E-state index is 0.630. The second-order valence-electron chi connectivity index (χ2n) is 6.25. The maximum absolute atomic E-state index is 5.99. The molecule has 3 heteroatoms. The van der Waals surface area contributed by atoms with Gasteiger partial charge in [0.05, 0.1) is 6.61 Å². The van der Waals surface area contributed by atoms with Crippen molar-refractivity contribution in [3.8, 4) is 5.75 Å². The number of anilines is 1. The normalized spacial score (nSPS) is 17.4. The SMILES string of the molecule is CCCC(C)COc1ccc(N2CCCNCC2)cc1C. The highest BCUT2D eigenvalue weighted by atomic mass is 16.5. The maximum Gasteiger partial charge on any atom is 0.122 e. The first-order valence-corrected chi connectivity index (χ1v) is 8.39. The molecule has 1 aromatic rings. The lowest BCUT2D eigenvalue weighted by Gasteiger charge is -2.23. The van der Waals surface area contributed by atoms with E-state index >= 15 is 0 Å². The molecule has 1 N–H and O–H groups in total. The lowest BCUT2D eigenvalue weighted by Crippen LogP contribution is -2.27. The van der Waals surface area contributed by atoms with Crippen LogP contribution in [0.1, 0.15) is 38.7 Å². The van der Waals surface area contributed by atoms with Gasteiger partial charge in [-0.05, 0) is 56.0 Å². The van der Waals surface area contributed by atoms with Gasteiger partial charge in [-0.15, -0.1) is 0 Å². The Morgan fingerprint density at radius 3 is 2.90 bits per heavy atom. The van der Waals surface area contributed by atoms with Crippen molar-refractivity contribution in [3.63, 3.8) is 0 Å². The zero-order valence-electron chi connectivity index (χ0n) is 13.8. The van der Waals surface area contributed by atoms with E-state index in [0.29, 0.717) is 5.92 Å². The fourth-order valence-electron chi connectivity index (χ4n) is 2.90. The monoisotopic (exact) mass is 290 g/mol. The third-order valence-corrected chi connectivity index (χ3v) is 4.17. The molecule has 118 valence electrons. The Kier molecular flexibility index (Phi) is 6.37. The molecule has 1 aliphatic rings. The van der Waals surface area contributed by atoms with Crippen molar-refractivity contribution < 1.29 is 4.74 Å². The van der Waals surface area contributed by atoms with E-state index in [9.17, 15) is 0 Å². The molecule has 1 heterocycles. The Labute approximate surface area is 129 Å².